The maximum Gasteiger partial charge on any atom is 0.257 e. The van der Waals surface area contributed by atoms with Crippen LogP contribution in [0.5, 0.6) is 0 Å². The van der Waals surface area contributed by atoms with E-state index in [1.54, 1.807) is 17.9 Å². The highest BCUT2D eigenvalue weighted by molar-refractivity contribution is 5.93. The quantitative estimate of drug-likeness (QED) is 0.436. The van der Waals surface area contributed by atoms with E-state index in [9.17, 15) is 13.6 Å². The SMILES string of the molecule is Cc1nc2c(F)cc(-c3nc(Nc4ncc(C(=O)N5CCNCC5)cn4)ncc3F)cc2n1C(C)C. The number of carbonyl (C=O) groups is 1. The molecule has 5 rings (SSSR count). The molecule has 0 saturated carbocycles. The lowest BCUT2D eigenvalue weighted by Gasteiger charge is -2.27. The number of nitrogens with zero attached hydrogens (tertiary/aromatic N) is 7. The topological polar surface area (TPSA) is 114 Å². The molecule has 12 heteroatoms. The van der Waals surface area contributed by atoms with Gasteiger partial charge in [-0.25, -0.2) is 33.7 Å². The number of carbonyl (C=O) groups excluding carboxylic acids is 1. The Morgan fingerprint density at radius 2 is 1.69 bits per heavy atom. The van der Waals surface area contributed by atoms with Gasteiger partial charge in [-0.1, -0.05) is 0 Å². The number of nitrogens with one attached hydrogen (secondary N) is 2. The van der Waals surface area contributed by atoms with Gasteiger partial charge in [0.05, 0.1) is 17.3 Å². The fourth-order valence-corrected chi connectivity index (χ4v) is 4.34. The Hall–Kier alpha value is -4.06. The minimum absolute atomic E-state index is 0.0293. The van der Waals surface area contributed by atoms with Crippen molar-refractivity contribution in [2.75, 3.05) is 31.5 Å². The molecular weight excluding hydrogens is 468 g/mol. The summed E-state index contributed by atoms with van der Waals surface area (Å²) >= 11 is 0. The molecule has 3 aromatic heterocycles. The summed E-state index contributed by atoms with van der Waals surface area (Å²) < 4.78 is 31.5. The molecule has 10 nitrogen and oxygen atoms in total. The van der Waals surface area contributed by atoms with Gasteiger partial charge < -0.3 is 14.8 Å². The second-order valence-corrected chi connectivity index (χ2v) is 8.80. The second-order valence-electron chi connectivity index (χ2n) is 8.80. The summed E-state index contributed by atoms with van der Waals surface area (Å²) in [4.78, 5) is 35.2. The average Bonchev–Trinajstić information content (AvgIpc) is 3.22. The van der Waals surface area contributed by atoms with Gasteiger partial charge in [0.25, 0.3) is 5.91 Å². The van der Waals surface area contributed by atoms with Gasteiger partial charge in [-0.05, 0) is 32.9 Å². The highest BCUT2D eigenvalue weighted by Crippen LogP contribution is 2.30. The molecule has 1 fully saturated rings. The summed E-state index contributed by atoms with van der Waals surface area (Å²) in [5.74, 6) is -0.578. The summed E-state index contributed by atoms with van der Waals surface area (Å²) in [7, 11) is 0. The minimum Gasteiger partial charge on any atom is -0.336 e. The minimum atomic E-state index is -0.704. The van der Waals surface area contributed by atoms with E-state index in [0.717, 1.165) is 19.3 Å². The number of hydrogen-bond acceptors (Lipinski definition) is 8. The largest absolute Gasteiger partial charge is 0.336 e. The van der Waals surface area contributed by atoms with Gasteiger partial charge in [-0.3, -0.25) is 10.1 Å². The van der Waals surface area contributed by atoms with E-state index in [1.165, 1.54) is 18.5 Å². The molecule has 0 unspecified atom stereocenters. The zero-order valence-electron chi connectivity index (χ0n) is 20.1. The Morgan fingerprint density at radius 1 is 1.00 bits per heavy atom. The Balaban J connectivity index is 1.42. The third-order valence-corrected chi connectivity index (χ3v) is 5.99. The Kier molecular flexibility index (Phi) is 6.27. The monoisotopic (exact) mass is 493 g/mol. The average molecular weight is 494 g/mol. The number of imidazole rings is 1. The van der Waals surface area contributed by atoms with Gasteiger partial charge in [-0.2, -0.15) is 0 Å². The number of hydrogen-bond donors (Lipinski definition) is 2. The van der Waals surface area contributed by atoms with Crippen LogP contribution in [0.2, 0.25) is 0 Å². The van der Waals surface area contributed by atoms with Crippen LogP contribution in [0.25, 0.3) is 22.3 Å². The predicted octanol–water partition coefficient (Wildman–Crippen LogP) is 3.24. The van der Waals surface area contributed by atoms with Crippen molar-refractivity contribution in [2.45, 2.75) is 26.8 Å². The number of piperazine rings is 1. The van der Waals surface area contributed by atoms with Crippen LogP contribution in [-0.2, 0) is 0 Å². The lowest BCUT2D eigenvalue weighted by Crippen LogP contribution is -2.46. The summed E-state index contributed by atoms with van der Waals surface area (Å²) in [5.41, 5.74) is 1.32. The highest BCUT2D eigenvalue weighted by Gasteiger charge is 2.20. The number of anilines is 2. The first-order valence-corrected chi connectivity index (χ1v) is 11.6. The number of halogens is 2. The van der Waals surface area contributed by atoms with E-state index in [1.807, 2.05) is 18.4 Å². The smallest absolute Gasteiger partial charge is 0.257 e. The van der Waals surface area contributed by atoms with E-state index in [2.05, 4.69) is 35.6 Å². The molecule has 0 spiro atoms. The maximum atomic E-state index is 14.9. The molecule has 0 bridgehead atoms. The van der Waals surface area contributed by atoms with Gasteiger partial charge in [0.1, 0.15) is 17.0 Å². The molecule has 186 valence electrons. The van der Waals surface area contributed by atoms with Gasteiger partial charge in [0.2, 0.25) is 11.9 Å². The molecule has 1 aromatic carbocycles. The molecule has 1 aliphatic rings. The normalized spacial score (nSPS) is 14.0. The Morgan fingerprint density at radius 3 is 2.39 bits per heavy atom. The third kappa shape index (κ3) is 4.47. The lowest BCUT2D eigenvalue weighted by atomic mass is 10.1. The summed E-state index contributed by atoms with van der Waals surface area (Å²) in [6.45, 7) is 8.46. The summed E-state index contributed by atoms with van der Waals surface area (Å²) in [6.07, 6.45) is 3.84. The number of rotatable bonds is 5. The molecule has 4 aromatic rings. The van der Waals surface area contributed by atoms with Crippen LogP contribution in [-0.4, -0.2) is 66.5 Å². The van der Waals surface area contributed by atoms with Crippen molar-refractivity contribution >= 4 is 28.8 Å². The summed E-state index contributed by atoms with van der Waals surface area (Å²) in [6, 6.07) is 2.91. The molecule has 1 saturated heterocycles. The van der Waals surface area contributed by atoms with E-state index in [0.29, 0.717) is 30.0 Å². The molecule has 1 amide bonds. The van der Waals surface area contributed by atoms with Crippen LogP contribution < -0.4 is 10.6 Å². The fraction of sp³-hybridized carbons (Fsp3) is 0.333. The molecule has 0 atom stereocenters. The zero-order valence-corrected chi connectivity index (χ0v) is 20.1. The predicted molar refractivity (Wildman–Crippen MR) is 130 cm³/mol. The molecule has 0 radical (unpaired) electrons. The Bertz CT molecular complexity index is 1430. The number of aryl methyl sites for hydroxylation is 1. The number of fused-ring (bicyclic) bond motifs is 1. The van der Waals surface area contributed by atoms with Crippen molar-refractivity contribution in [1.82, 2.24) is 39.7 Å². The van der Waals surface area contributed by atoms with Gasteiger partial charge >= 0.3 is 0 Å². The van der Waals surface area contributed by atoms with Crippen molar-refractivity contribution < 1.29 is 13.6 Å². The fourth-order valence-electron chi connectivity index (χ4n) is 4.34. The van der Waals surface area contributed by atoms with Crippen LogP contribution in [0, 0.1) is 18.6 Å². The molecule has 2 N–H and O–H groups in total. The molecular formula is C24H25F2N9O. The number of amides is 1. The standard InChI is InChI=1S/C24H25F2N9O/c1-13(2)35-14(3)31-21-17(25)8-15(9-19(21)35)20-18(26)12-30-24(32-20)33-23-28-10-16(11-29-23)22(36)34-6-4-27-5-7-34/h8-13,27H,4-7H2,1-3H3,(H,28,29,30,32,33). The van der Waals surface area contributed by atoms with E-state index in [-0.39, 0.29) is 40.6 Å². The van der Waals surface area contributed by atoms with E-state index >= 15 is 0 Å². The number of aromatic nitrogens is 6. The maximum absolute atomic E-state index is 14.9. The first-order valence-electron chi connectivity index (χ1n) is 11.6. The Labute approximate surface area is 205 Å². The van der Waals surface area contributed by atoms with E-state index in [4.69, 9.17) is 0 Å². The van der Waals surface area contributed by atoms with Crippen molar-refractivity contribution in [3.05, 3.63) is 53.7 Å². The van der Waals surface area contributed by atoms with Crippen LogP contribution in [0.3, 0.4) is 0 Å². The first-order chi connectivity index (χ1) is 17.3. The molecule has 36 heavy (non-hydrogen) atoms. The van der Waals surface area contributed by atoms with Crippen molar-refractivity contribution in [2.24, 2.45) is 0 Å². The van der Waals surface area contributed by atoms with Crippen molar-refractivity contribution in [3.63, 3.8) is 0 Å². The second kappa shape index (κ2) is 9.53. The number of benzene rings is 1. The molecule has 1 aliphatic heterocycles. The van der Waals surface area contributed by atoms with Crippen LogP contribution in [0.1, 0.15) is 36.1 Å². The van der Waals surface area contributed by atoms with Crippen molar-refractivity contribution in [3.8, 4) is 11.3 Å². The first kappa shape index (κ1) is 23.7. The third-order valence-electron chi connectivity index (χ3n) is 5.99. The molecule has 0 aliphatic carbocycles. The lowest BCUT2D eigenvalue weighted by molar-refractivity contribution is 0.0735. The highest BCUT2D eigenvalue weighted by atomic mass is 19.1. The van der Waals surface area contributed by atoms with Gasteiger partial charge in [-0.15, -0.1) is 0 Å². The van der Waals surface area contributed by atoms with Crippen LogP contribution in [0.15, 0.2) is 30.7 Å². The molecule has 4 heterocycles. The van der Waals surface area contributed by atoms with Gasteiger partial charge in [0.15, 0.2) is 11.6 Å². The zero-order chi connectivity index (χ0) is 25.4. The van der Waals surface area contributed by atoms with Crippen LogP contribution >= 0.6 is 0 Å². The summed E-state index contributed by atoms with van der Waals surface area (Å²) in [5, 5.41) is 6.01. The van der Waals surface area contributed by atoms with Crippen LogP contribution in [0.4, 0.5) is 20.7 Å². The van der Waals surface area contributed by atoms with E-state index < -0.39 is 11.6 Å². The van der Waals surface area contributed by atoms with Gasteiger partial charge in [0, 0.05) is 50.2 Å². The van der Waals surface area contributed by atoms with Crippen molar-refractivity contribution in [1.29, 1.82) is 0 Å².